The third-order valence-corrected chi connectivity index (χ3v) is 2.96. The third kappa shape index (κ3) is 4.22. The summed E-state index contributed by atoms with van der Waals surface area (Å²) in [4.78, 5) is 15.8. The molecule has 0 bridgehead atoms. The van der Waals surface area contributed by atoms with E-state index < -0.39 is 11.7 Å². The van der Waals surface area contributed by atoms with Crippen LogP contribution in [0.1, 0.15) is 23.2 Å². The number of carbonyl (C=O) groups is 1. The Hall–Kier alpha value is -2.11. The summed E-state index contributed by atoms with van der Waals surface area (Å²) in [7, 11) is 1.70. The monoisotopic (exact) mass is 278 g/mol. The third-order valence-electron chi connectivity index (χ3n) is 2.96. The first-order valence-corrected chi connectivity index (χ1v) is 6.70. The Labute approximate surface area is 117 Å². The number of nitrogens with zero attached hydrogens (tertiary/aromatic N) is 1. The Balaban J connectivity index is 1.70. The molecule has 0 heterocycles. The predicted molar refractivity (Wildman–Crippen MR) is 76.3 cm³/mol. The van der Waals surface area contributed by atoms with Crippen molar-refractivity contribution in [3.8, 4) is 0 Å². The van der Waals surface area contributed by atoms with Gasteiger partial charge in [0.1, 0.15) is 5.82 Å². The van der Waals surface area contributed by atoms with Crippen molar-refractivity contribution in [1.29, 1.82) is 0 Å². The van der Waals surface area contributed by atoms with Gasteiger partial charge in [-0.2, -0.15) is 0 Å². The predicted octanol–water partition coefficient (Wildman–Crippen LogP) is 0.883. The van der Waals surface area contributed by atoms with E-state index in [1.54, 1.807) is 19.2 Å². The zero-order valence-corrected chi connectivity index (χ0v) is 11.4. The number of amides is 1. The van der Waals surface area contributed by atoms with Crippen molar-refractivity contribution >= 4 is 11.9 Å². The summed E-state index contributed by atoms with van der Waals surface area (Å²) < 4.78 is 13.4. The van der Waals surface area contributed by atoms with Crippen molar-refractivity contribution in [2.75, 3.05) is 20.1 Å². The lowest BCUT2D eigenvalue weighted by molar-refractivity contribution is 0.0950. The van der Waals surface area contributed by atoms with Gasteiger partial charge in [0.25, 0.3) is 5.91 Å². The molecule has 0 unspecified atom stereocenters. The zero-order chi connectivity index (χ0) is 14.4. The summed E-state index contributed by atoms with van der Waals surface area (Å²) in [6.07, 6.45) is 2.34. The van der Waals surface area contributed by atoms with Crippen LogP contribution < -0.4 is 16.0 Å². The summed E-state index contributed by atoms with van der Waals surface area (Å²) in [6.45, 7) is 0.936. The Kier molecular flexibility index (Phi) is 4.92. The van der Waals surface area contributed by atoms with Gasteiger partial charge >= 0.3 is 0 Å². The molecule has 20 heavy (non-hydrogen) atoms. The zero-order valence-electron chi connectivity index (χ0n) is 11.4. The van der Waals surface area contributed by atoms with Gasteiger partial charge in [0.2, 0.25) is 0 Å². The summed E-state index contributed by atoms with van der Waals surface area (Å²) >= 11 is 0. The molecule has 1 fully saturated rings. The van der Waals surface area contributed by atoms with E-state index >= 15 is 0 Å². The van der Waals surface area contributed by atoms with Gasteiger partial charge in [0.15, 0.2) is 5.96 Å². The van der Waals surface area contributed by atoms with Crippen LogP contribution >= 0.6 is 0 Å². The van der Waals surface area contributed by atoms with Gasteiger partial charge in [-0.05, 0) is 25.0 Å². The second kappa shape index (κ2) is 6.88. The number of benzene rings is 1. The average Bonchev–Trinajstić information content (AvgIpc) is 3.26. The molecule has 3 N–H and O–H groups in total. The highest BCUT2D eigenvalue weighted by Gasteiger charge is 2.21. The van der Waals surface area contributed by atoms with Crippen molar-refractivity contribution in [3.63, 3.8) is 0 Å². The van der Waals surface area contributed by atoms with E-state index in [0.717, 1.165) is 5.96 Å². The fourth-order valence-corrected chi connectivity index (χ4v) is 1.71. The fourth-order valence-electron chi connectivity index (χ4n) is 1.71. The highest BCUT2D eigenvalue weighted by atomic mass is 19.1. The van der Waals surface area contributed by atoms with Gasteiger partial charge < -0.3 is 16.0 Å². The molecule has 0 atom stereocenters. The van der Waals surface area contributed by atoms with Crippen molar-refractivity contribution in [2.45, 2.75) is 18.9 Å². The summed E-state index contributed by atoms with van der Waals surface area (Å²) in [5.41, 5.74) is 0.0630. The van der Waals surface area contributed by atoms with Crippen molar-refractivity contribution < 1.29 is 9.18 Å². The topological polar surface area (TPSA) is 65.5 Å². The molecule has 0 aliphatic heterocycles. The molecule has 1 aromatic carbocycles. The number of halogens is 1. The SMILES string of the molecule is CN=C(NCCNC(=O)c1ccccc1F)NC1CC1. The molecule has 1 saturated carbocycles. The number of hydrogen-bond acceptors (Lipinski definition) is 2. The normalized spacial score (nSPS) is 14.8. The van der Waals surface area contributed by atoms with Crippen LogP contribution in [0.2, 0.25) is 0 Å². The standard InChI is InChI=1S/C14H19FN4O/c1-16-14(19-10-6-7-10)18-9-8-17-13(20)11-4-2-3-5-12(11)15/h2-5,10H,6-9H2,1H3,(H,17,20)(H2,16,18,19). The van der Waals surface area contributed by atoms with Crippen LogP contribution in [-0.4, -0.2) is 38.0 Å². The molecule has 1 aliphatic carbocycles. The minimum atomic E-state index is -0.510. The first kappa shape index (κ1) is 14.3. The minimum Gasteiger partial charge on any atom is -0.355 e. The molecule has 108 valence electrons. The van der Waals surface area contributed by atoms with E-state index in [9.17, 15) is 9.18 Å². The lowest BCUT2D eigenvalue weighted by atomic mass is 10.2. The lowest BCUT2D eigenvalue weighted by Gasteiger charge is -2.11. The van der Waals surface area contributed by atoms with E-state index in [-0.39, 0.29) is 5.56 Å². The van der Waals surface area contributed by atoms with E-state index in [1.165, 1.54) is 25.0 Å². The molecule has 0 aromatic heterocycles. The van der Waals surface area contributed by atoms with Crippen molar-refractivity contribution in [3.05, 3.63) is 35.6 Å². The molecule has 2 rings (SSSR count). The molecule has 1 aliphatic rings. The molecule has 0 saturated heterocycles. The Morgan fingerprint density at radius 1 is 1.30 bits per heavy atom. The molecular weight excluding hydrogens is 259 g/mol. The summed E-state index contributed by atoms with van der Waals surface area (Å²) in [6, 6.07) is 6.45. The molecule has 0 spiro atoms. The summed E-state index contributed by atoms with van der Waals surface area (Å²) in [5.74, 6) is -0.188. The Morgan fingerprint density at radius 2 is 2.00 bits per heavy atom. The number of rotatable bonds is 5. The first-order chi connectivity index (χ1) is 9.70. The molecule has 1 amide bonds. The van der Waals surface area contributed by atoms with Crippen LogP contribution in [-0.2, 0) is 0 Å². The molecule has 5 nitrogen and oxygen atoms in total. The number of hydrogen-bond donors (Lipinski definition) is 3. The largest absolute Gasteiger partial charge is 0.355 e. The quantitative estimate of drug-likeness (QED) is 0.425. The molecule has 6 heteroatoms. The smallest absolute Gasteiger partial charge is 0.254 e. The molecule has 0 radical (unpaired) electrons. The molecular formula is C14H19FN4O. The maximum Gasteiger partial charge on any atom is 0.254 e. The van der Waals surface area contributed by atoms with E-state index in [1.807, 2.05) is 0 Å². The van der Waals surface area contributed by atoms with Gasteiger partial charge in [-0.25, -0.2) is 4.39 Å². The van der Waals surface area contributed by atoms with Gasteiger partial charge in [0, 0.05) is 26.2 Å². The maximum atomic E-state index is 13.4. The van der Waals surface area contributed by atoms with Crippen LogP contribution in [0.3, 0.4) is 0 Å². The van der Waals surface area contributed by atoms with Crippen LogP contribution in [0, 0.1) is 5.82 Å². The van der Waals surface area contributed by atoms with E-state index in [2.05, 4.69) is 20.9 Å². The van der Waals surface area contributed by atoms with E-state index in [0.29, 0.717) is 19.1 Å². The Morgan fingerprint density at radius 3 is 2.65 bits per heavy atom. The van der Waals surface area contributed by atoms with Crippen LogP contribution in [0.4, 0.5) is 4.39 Å². The van der Waals surface area contributed by atoms with Gasteiger partial charge in [-0.1, -0.05) is 12.1 Å². The number of carbonyl (C=O) groups excluding carboxylic acids is 1. The van der Waals surface area contributed by atoms with Gasteiger partial charge in [-0.15, -0.1) is 0 Å². The lowest BCUT2D eigenvalue weighted by Crippen LogP contribution is -2.42. The molecule has 1 aromatic rings. The van der Waals surface area contributed by atoms with Crippen LogP contribution in [0.5, 0.6) is 0 Å². The highest BCUT2D eigenvalue weighted by molar-refractivity contribution is 5.94. The fraction of sp³-hybridized carbons (Fsp3) is 0.429. The first-order valence-electron chi connectivity index (χ1n) is 6.70. The summed E-state index contributed by atoms with van der Waals surface area (Å²) in [5, 5.41) is 8.99. The number of nitrogens with one attached hydrogen (secondary N) is 3. The second-order valence-electron chi connectivity index (χ2n) is 4.65. The second-order valence-corrected chi connectivity index (χ2v) is 4.65. The van der Waals surface area contributed by atoms with Gasteiger partial charge in [-0.3, -0.25) is 9.79 Å². The highest BCUT2D eigenvalue weighted by Crippen LogP contribution is 2.18. The van der Waals surface area contributed by atoms with Crippen LogP contribution in [0.15, 0.2) is 29.3 Å². The average molecular weight is 278 g/mol. The number of aliphatic imine (C=N–C) groups is 1. The van der Waals surface area contributed by atoms with Gasteiger partial charge in [0.05, 0.1) is 5.56 Å². The Bertz CT molecular complexity index is 500. The van der Waals surface area contributed by atoms with Crippen LogP contribution in [0.25, 0.3) is 0 Å². The van der Waals surface area contributed by atoms with Crippen molar-refractivity contribution in [2.24, 2.45) is 4.99 Å². The minimum absolute atomic E-state index is 0.0630. The maximum absolute atomic E-state index is 13.4. The van der Waals surface area contributed by atoms with Crippen molar-refractivity contribution in [1.82, 2.24) is 16.0 Å². The number of guanidine groups is 1. The van der Waals surface area contributed by atoms with E-state index in [4.69, 9.17) is 0 Å².